The second-order valence-corrected chi connectivity index (χ2v) is 5.09. The van der Waals surface area contributed by atoms with E-state index in [2.05, 4.69) is 4.98 Å². The average molecular weight is 234 g/mol. The van der Waals surface area contributed by atoms with E-state index in [-0.39, 0.29) is 5.91 Å². The number of thiazole rings is 1. The van der Waals surface area contributed by atoms with Crippen LogP contribution in [0.1, 0.15) is 36.2 Å². The maximum Gasteiger partial charge on any atom is 0.273 e. The largest absolute Gasteiger partial charge is 0.337 e. The Morgan fingerprint density at radius 1 is 1.19 bits per heavy atom. The van der Waals surface area contributed by atoms with Gasteiger partial charge in [0.15, 0.2) is 0 Å². The number of hydrogen-bond donors (Lipinski definition) is 0. The van der Waals surface area contributed by atoms with Crippen LogP contribution in [0.2, 0.25) is 0 Å². The van der Waals surface area contributed by atoms with Crippen molar-refractivity contribution >= 4 is 17.2 Å². The highest BCUT2D eigenvalue weighted by Gasteiger charge is 2.25. The molecule has 1 saturated carbocycles. The number of rotatable bonds is 1. The molecule has 2 fully saturated rings. The fourth-order valence-corrected chi connectivity index (χ4v) is 2.76. The molecule has 1 aliphatic carbocycles. The molecule has 2 heterocycles. The number of nitrogens with zero attached hydrogens (tertiary/aromatic N) is 2. The average Bonchev–Trinajstić information content (AvgIpc) is 3.04. The molecular weight excluding hydrogens is 220 g/mol. The second kappa shape index (κ2) is 4.01. The van der Waals surface area contributed by atoms with Gasteiger partial charge in [-0.15, -0.1) is 11.3 Å². The van der Waals surface area contributed by atoms with E-state index in [1.807, 2.05) is 10.3 Å². The molecule has 4 heteroatoms. The fourth-order valence-electron chi connectivity index (χ4n) is 2.23. The van der Waals surface area contributed by atoms with Gasteiger partial charge in [0.05, 0.1) is 5.51 Å². The van der Waals surface area contributed by atoms with Gasteiger partial charge in [-0.2, -0.15) is 0 Å². The number of piperidine rings is 1. The topological polar surface area (TPSA) is 33.2 Å². The van der Waals surface area contributed by atoms with E-state index in [1.165, 1.54) is 24.2 Å². The van der Waals surface area contributed by atoms with Gasteiger partial charge in [-0.3, -0.25) is 4.79 Å². The predicted octanol–water partition coefficient (Wildman–Crippen LogP) is 2.47. The predicted molar refractivity (Wildman–Crippen MR) is 63.5 cm³/mol. The Kier molecular flexibility index (Phi) is 2.52. The molecule has 3 nitrogen and oxygen atoms in total. The highest BCUT2D eigenvalue weighted by atomic mass is 32.1. The third kappa shape index (κ3) is 1.89. The van der Waals surface area contributed by atoms with E-state index in [4.69, 9.17) is 0 Å². The number of carbonyl (C=O) groups is 1. The maximum absolute atomic E-state index is 12.0. The first-order valence-corrected chi connectivity index (χ1v) is 6.66. The number of aromatic nitrogens is 1. The molecule has 1 aromatic rings. The Labute approximate surface area is 98.8 Å². The zero-order valence-corrected chi connectivity index (χ0v) is 9.92. The first-order chi connectivity index (χ1) is 7.84. The summed E-state index contributed by atoms with van der Waals surface area (Å²) in [6, 6.07) is 0. The summed E-state index contributed by atoms with van der Waals surface area (Å²) in [5.41, 5.74) is 5.59. The lowest BCUT2D eigenvalue weighted by Gasteiger charge is -2.27. The Balaban J connectivity index is 1.66. The zero-order chi connectivity index (χ0) is 11.0. The second-order valence-electron chi connectivity index (χ2n) is 4.37. The van der Waals surface area contributed by atoms with Crippen molar-refractivity contribution in [3.05, 3.63) is 27.7 Å². The van der Waals surface area contributed by atoms with Gasteiger partial charge in [0.25, 0.3) is 5.91 Å². The Morgan fingerprint density at radius 2 is 1.88 bits per heavy atom. The van der Waals surface area contributed by atoms with Crippen molar-refractivity contribution in [2.24, 2.45) is 0 Å². The van der Waals surface area contributed by atoms with E-state index in [9.17, 15) is 4.79 Å². The molecule has 3 rings (SSSR count). The molecule has 0 radical (unpaired) electrons. The van der Waals surface area contributed by atoms with Crippen molar-refractivity contribution in [3.8, 4) is 0 Å². The van der Waals surface area contributed by atoms with Gasteiger partial charge in [-0.05, 0) is 25.7 Å². The summed E-state index contributed by atoms with van der Waals surface area (Å²) in [5, 5.41) is 1.83. The molecule has 0 bridgehead atoms. The van der Waals surface area contributed by atoms with Gasteiger partial charge in [0.2, 0.25) is 0 Å². The van der Waals surface area contributed by atoms with E-state index < -0.39 is 0 Å². The van der Waals surface area contributed by atoms with Crippen molar-refractivity contribution in [2.45, 2.75) is 25.7 Å². The SMILES string of the molecule is O=C(c1cscn1)N1CCC(=C2CC2)CC1. The summed E-state index contributed by atoms with van der Waals surface area (Å²) in [5.74, 6) is 0.0982. The summed E-state index contributed by atoms with van der Waals surface area (Å²) in [6.07, 6.45) is 4.75. The van der Waals surface area contributed by atoms with E-state index in [1.54, 1.807) is 16.7 Å². The molecule has 1 aliphatic heterocycles. The van der Waals surface area contributed by atoms with Crippen molar-refractivity contribution in [1.82, 2.24) is 9.88 Å². The van der Waals surface area contributed by atoms with Crippen LogP contribution in [0.25, 0.3) is 0 Å². The summed E-state index contributed by atoms with van der Waals surface area (Å²) < 4.78 is 0. The molecule has 1 aromatic heterocycles. The number of amides is 1. The van der Waals surface area contributed by atoms with Gasteiger partial charge in [0.1, 0.15) is 5.69 Å². The van der Waals surface area contributed by atoms with Gasteiger partial charge in [0, 0.05) is 18.5 Å². The van der Waals surface area contributed by atoms with Gasteiger partial charge in [-0.25, -0.2) is 4.98 Å². The molecule has 0 spiro atoms. The van der Waals surface area contributed by atoms with Crippen LogP contribution >= 0.6 is 11.3 Å². The number of carbonyl (C=O) groups excluding carboxylic acids is 1. The molecule has 0 aromatic carbocycles. The van der Waals surface area contributed by atoms with Crippen LogP contribution in [0.4, 0.5) is 0 Å². The van der Waals surface area contributed by atoms with Crippen LogP contribution in [0.3, 0.4) is 0 Å². The van der Waals surface area contributed by atoms with Crippen molar-refractivity contribution < 1.29 is 4.79 Å². The smallest absolute Gasteiger partial charge is 0.273 e. The molecule has 1 amide bonds. The first kappa shape index (κ1) is 10.0. The lowest BCUT2D eigenvalue weighted by atomic mass is 10.0. The molecule has 0 atom stereocenters. The Bertz CT molecular complexity index is 420. The molecule has 2 aliphatic rings. The monoisotopic (exact) mass is 234 g/mol. The molecule has 84 valence electrons. The lowest BCUT2D eigenvalue weighted by molar-refractivity contribution is 0.0738. The molecule has 0 unspecified atom stereocenters. The van der Waals surface area contributed by atoms with Crippen LogP contribution in [0, 0.1) is 0 Å². The number of hydrogen-bond acceptors (Lipinski definition) is 3. The molecule has 1 saturated heterocycles. The number of likely N-dealkylation sites (tertiary alicyclic amines) is 1. The van der Waals surface area contributed by atoms with Crippen molar-refractivity contribution in [1.29, 1.82) is 0 Å². The summed E-state index contributed by atoms with van der Waals surface area (Å²) in [4.78, 5) is 18.0. The van der Waals surface area contributed by atoms with E-state index in [0.717, 1.165) is 25.9 Å². The normalized spacial score (nSPS) is 20.1. The van der Waals surface area contributed by atoms with E-state index in [0.29, 0.717) is 5.69 Å². The summed E-state index contributed by atoms with van der Waals surface area (Å²) in [6.45, 7) is 1.74. The standard InChI is InChI=1S/C12H14N2OS/c15-12(11-7-16-8-13-11)14-5-3-10(4-6-14)9-1-2-9/h7-8H,1-6H2. The Hall–Kier alpha value is -1.16. The third-order valence-electron chi connectivity index (χ3n) is 3.31. The van der Waals surface area contributed by atoms with Crippen LogP contribution < -0.4 is 0 Å². The van der Waals surface area contributed by atoms with Crippen LogP contribution in [-0.2, 0) is 0 Å². The minimum absolute atomic E-state index is 0.0982. The molecule has 0 N–H and O–H groups in total. The van der Waals surface area contributed by atoms with Crippen LogP contribution in [-0.4, -0.2) is 28.9 Å². The van der Waals surface area contributed by atoms with Crippen molar-refractivity contribution in [3.63, 3.8) is 0 Å². The first-order valence-electron chi connectivity index (χ1n) is 5.72. The zero-order valence-electron chi connectivity index (χ0n) is 9.11. The van der Waals surface area contributed by atoms with Crippen LogP contribution in [0.5, 0.6) is 0 Å². The van der Waals surface area contributed by atoms with E-state index >= 15 is 0 Å². The Morgan fingerprint density at radius 3 is 2.44 bits per heavy atom. The minimum Gasteiger partial charge on any atom is -0.337 e. The lowest BCUT2D eigenvalue weighted by Crippen LogP contribution is -2.36. The highest BCUT2D eigenvalue weighted by molar-refractivity contribution is 7.07. The summed E-state index contributed by atoms with van der Waals surface area (Å²) in [7, 11) is 0. The highest BCUT2D eigenvalue weighted by Crippen LogP contribution is 2.36. The quantitative estimate of drug-likeness (QED) is 0.699. The van der Waals surface area contributed by atoms with Gasteiger partial charge >= 0.3 is 0 Å². The minimum atomic E-state index is 0.0982. The summed E-state index contributed by atoms with van der Waals surface area (Å²) >= 11 is 1.48. The maximum atomic E-state index is 12.0. The van der Waals surface area contributed by atoms with Gasteiger partial charge < -0.3 is 4.90 Å². The van der Waals surface area contributed by atoms with Crippen molar-refractivity contribution in [2.75, 3.05) is 13.1 Å². The molecular formula is C12H14N2OS. The van der Waals surface area contributed by atoms with Gasteiger partial charge in [-0.1, -0.05) is 11.1 Å². The third-order valence-corrected chi connectivity index (χ3v) is 3.89. The molecule has 16 heavy (non-hydrogen) atoms. The fraction of sp³-hybridized carbons (Fsp3) is 0.500. The van der Waals surface area contributed by atoms with Crippen LogP contribution in [0.15, 0.2) is 22.0 Å². The number of allylic oxidation sites excluding steroid dienone is 1.